The molecule has 1 atom stereocenters. The SMILES string of the molecule is CC(C)(CC(O)(C(=O)Nc1cccc2ncccc12)C(F)(F)F)c1cccc2c1OCO2.COC(=O)c1cccc2c1OCO2. The highest BCUT2D eigenvalue weighted by Gasteiger charge is 2.61. The van der Waals surface area contributed by atoms with Crippen molar-refractivity contribution >= 4 is 28.5 Å². The Hall–Kier alpha value is -5.04. The average molecular weight is 627 g/mol. The zero-order valence-electron chi connectivity index (χ0n) is 24.4. The Balaban J connectivity index is 0.000000256. The third-order valence-corrected chi connectivity index (χ3v) is 7.36. The summed E-state index contributed by atoms with van der Waals surface area (Å²) < 4.78 is 67.9. The van der Waals surface area contributed by atoms with Gasteiger partial charge in [-0.1, -0.05) is 38.1 Å². The van der Waals surface area contributed by atoms with E-state index in [1.54, 1.807) is 60.7 Å². The number of aliphatic hydroxyl groups is 1. The molecule has 6 rings (SSSR count). The number of nitrogens with zero attached hydrogens (tertiary/aromatic N) is 1. The van der Waals surface area contributed by atoms with Crippen molar-refractivity contribution in [3.63, 3.8) is 0 Å². The van der Waals surface area contributed by atoms with Gasteiger partial charge in [-0.15, -0.1) is 0 Å². The quantitative estimate of drug-likeness (QED) is 0.257. The summed E-state index contributed by atoms with van der Waals surface area (Å²) >= 11 is 0. The molecule has 236 valence electrons. The summed E-state index contributed by atoms with van der Waals surface area (Å²) in [6, 6.07) is 17.9. The Bertz CT molecular complexity index is 1740. The Morgan fingerprint density at radius 1 is 0.889 bits per heavy atom. The van der Waals surface area contributed by atoms with Gasteiger partial charge in [0.25, 0.3) is 5.91 Å². The van der Waals surface area contributed by atoms with Gasteiger partial charge < -0.3 is 34.1 Å². The van der Waals surface area contributed by atoms with Gasteiger partial charge in [0.15, 0.2) is 23.0 Å². The number of benzene rings is 3. The minimum atomic E-state index is -5.23. The van der Waals surface area contributed by atoms with Crippen LogP contribution in [-0.2, 0) is 14.9 Å². The highest BCUT2D eigenvalue weighted by Crippen LogP contribution is 2.47. The zero-order chi connectivity index (χ0) is 32.4. The van der Waals surface area contributed by atoms with Crippen molar-refractivity contribution in [3.8, 4) is 23.0 Å². The number of aromatic nitrogens is 1. The molecule has 2 N–H and O–H groups in total. The van der Waals surface area contributed by atoms with E-state index in [1.165, 1.54) is 33.2 Å². The number of carbonyl (C=O) groups excluding carboxylic acids is 2. The van der Waals surface area contributed by atoms with Crippen LogP contribution in [0.25, 0.3) is 10.9 Å². The number of hydrogen-bond acceptors (Lipinski definition) is 9. The maximum absolute atomic E-state index is 14.1. The molecular weight excluding hydrogens is 597 g/mol. The van der Waals surface area contributed by atoms with Crippen LogP contribution in [0, 0.1) is 0 Å². The molecule has 0 saturated heterocycles. The number of nitrogens with one attached hydrogen (secondary N) is 1. The Kier molecular flexibility index (Phi) is 8.48. The van der Waals surface area contributed by atoms with Gasteiger partial charge in [0, 0.05) is 23.6 Å². The number of alkyl halides is 3. The first-order chi connectivity index (χ1) is 21.4. The first-order valence-electron chi connectivity index (χ1n) is 13.7. The van der Waals surface area contributed by atoms with Crippen molar-refractivity contribution in [1.82, 2.24) is 4.98 Å². The summed E-state index contributed by atoms with van der Waals surface area (Å²) in [6.07, 6.45) is -4.63. The van der Waals surface area contributed by atoms with Crippen LogP contribution in [0.3, 0.4) is 0 Å². The minimum Gasteiger partial charge on any atom is -0.465 e. The van der Waals surface area contributed by atoms with Crippen LogP contribution in [0.2, 0.25) is 0 Å². The molecule has 2 aliphatic rings. The van der Waals surface area contributed by atoms with Gasteiger partial charge in [-0.25, -0.2) is 4.79 Å². The Labute approximate surface area is 255 Å². The molecule has 13 heteroatoms. The summed E-state index contributed by atoms with van der Waals surface area (Å²) in [5.41, 5.74) is -3.53. The molecule has 1 aromatic heterocycles. The van der Waals surface area contributed by atoms with Crippen molar-refractivity contribution < 1.29 is 51.6 Å². The Morgan fingerprint density at radius 3 is 2.22 bits per heavy atom. The predicted molar refractivity (Wildman–Crippen MR) is 155 cm³/mol. The first kappa shape index (κ1) is 31.4. The molecule has 3 aromatic carbocycles. The largest absolute Gasteiger partial charge is 0.465 e. The average Bonchev–Trinajstić information content (AvgIpc) is 3.70. The van der Waals surface area contributed by atoms with Crippen LogP contribution in [0.5, 0.6) is 23.0 Å². The lowest BCUT2D eigenvalue weighted by molar-refractivity contribution is -0.254. The molecule has 0 aliphatic carbocycles. The molecule has 3 heterocycles. The van der Waals surface area contributed by atoms with E-state index < -0.39 is 35.5 Å². The van der Waals surface area contributed by atoms with Crippen LogP contribution in [0.1, 0.15) is 36.2 Å². The summed E-state index contributed by atoms with van der Waals surface area (Å²) in [5, 5.41) is 13.5. The number of ether oxygens (including phenoxy) is 5. The van der Waals surface area contributed by atoms with E-state index in [2.05, 4.69) is 15.0 Å². The molecule has 1 amide bonds. The van der Waals surface area contributed by atoms with Gasteiger partial charge in [-0.2, -0.15) is 13.2 Å². The molecule has 1 unspecified atom stereocenters. The van der Waals surface area contributed by atoms with Crippen LogP contribution < -0.4 is 24.3 Å². The lowest BCUT2D eigenvalue weighted by atomic mass is 9.74. The molecule has 2 aliphatic heterocycles. The van der Waals surface area contributed by atoms with Crippen molar-refractivity contribution in [1.29, 1.82) is 0 Å². The number of carbonyl (C=O) groups is 2. The van der Waals surface area contributed by atoms with E-state index in [-0.39, 0.29) is 19.3 Å². The normalized spacial score (nSPS) is 14.6. The molecule has 0 saturated carbocycles. The van der Waals surface area contributed by atoms with E-state index in [9.17, 15) is 27.9 Å². The number of amides is 1. The first-order valence-corrected chi connectivity index (χ1v) is 13.7. The number of methoxy groups -OCH3 is 1. The topological polar surface area (TPSA) is 125 Å². The maximum atomic E-state index is 14.1. The van der Waals surface area contributed by atoms with Crippen molar-refractivity contribution in [2.24, 2.45) is 0 Å². The fourth-order valence-electron chi connectivity index (χ4n) is 5.15. The van der Waals surface area contributed by atoms with Crippen LogP contribution in [0.4, 0.5) is 18.9 Å². The van der Waals surface area contributed by atoms with Gasteiger partial charge in [-0.3, -0.25) is 9.78 Å². The third kappa shape index (κ3) is 6.16. The summed E-state index contributed by atoms with van der Waals surface area (Å²) in [4.78, 5) is 28.3. The molecule has 4 aromatic rings. The van der Waals surface area contributed by atoms with E-state index >= 15 is 0 Å². The zero-order valence-corrected chi connectivity index (χ0v) is 24.4. The van der Waals surface area contributed by atoms with E-state index in [0.717, 1.165) is 0 Å². The highest BCUT2D eigenvalue weighted by atomic mass is 19.4. The second-order valence-electron chi connectivity index (χ2n) is 10.8. The lowest BCUT2D eigenvalue weighted by Gasteiger charge is -2.37. The summed E-state index contributed by atoms with van der Waals surface area (Å²) in [6.45, 7) is 3.12. The smallest absolute Gasteiger partial charge is 0.426 e. The number of rotatable bonds is 6. The molecule has 0 spiro atoms. The number of anilines is 1. The van der Waals surface area contributed by atoms with Gasteiger partial charge >= 0.3 is 12.1 Å². The molecule has 0 radical (unpaired) electrons. The third-order valence-electron chi connectivity index (χ3n) is 7.36. The fraction of sp³-hybridized carbons (Fsp3) is 0.281. The van der Waals surface area contributed by atoms with Crippen molar-refractivity contribution in [2.75, 3.05) is 26.0 Å². The number of para-hydroxylation sites is 2. The fourth-order valence-corrected chi connectivity index (χ4v) is 5.15. The molecule has 0 bridgehead atoms. The number of esters is 1. The minimum absolute atomic E-state index is 0.0540. The standard InChI is InChI=1S/C23H21F3N2O4.C9H8O4/c1-21(2,15-7-3-10-18-19(15)32-13-31-18)12-22(30,23(24,25)26)20(29)28-17-9-4-8-16-14(17)6-5-11-27-16;1-11-9(10)6-3-2-4-7-8(6)13-5-12-7/h3-11,30H,12-13H2,1-2H3,(H,28,29);2-4H,5H2,1H3. The summed E-state index contributed by atoms with van der Waals surface area (Å²) in [7, 11) is 1.33. The second-order valence-corrected chi connectivity index (χ2v) is 10.8. The van der Waals surface area contributed by atoms with E-state index in [4.69, 9.17) is 18.9 Å². The lowest BCUT2D eigenvalue weighted by Crippen LogP contribution is -2.57. The van der Waals surface area contributed by atoms with Crippen molar-refractivity contribution in [2.45, 2.75) is 37.5 Å². The number of fused-ring (bicyclic) bond motifs is 3. The molecular formula is C32H29F3N2O8. The van der Waals surface area contributed by atoms with Crippen molar-refractivity contribution in [3.05, 3.63) is 84.1 Å². The predicted octanol–water partition coefficient (Wildman–Crippen LogP) is 5.77. The van der Waals surface area contributed by atoms with E-state index in [1.807, 2.05) is 0 Å². The van der Waals surface area contributed by atoms with E-state index in [0.29, 0.717) is 45.0 Å². The van der Waals surface area contributed by atoms with Crippen LogP contribution >= 0.6 is 0 Å². The van der Waals surface area contributed by atoms with Crippen LogP contribution in [-0.4, -0.2) is 54.4 Å². The van der Waals surface area contributed by atoms with Gasteiger partial charge in [0.1, 0.15) is 5.56 Å². The number of halogens is 3. The second kappa shape index (κ2) is 12.2. The number of hydrogen-bond donors (Lipinski definition) is 2. The van der Waals surface area contributed by atoms with Gasteiger partial charge in [-0.05, 0) is 47.9 Å². The number of pyridine rings is 1. The monoisotopic (exact) mass is 626 g/mol. The molecule has 10 nitrogen and oxygen atoms in total. The highest BCUT2D eigenvalue weighted by molar-refractivity contribution is 6.04. The van der Waals surface area contributed by atoms with Crippen LogP contribution in [0.15, 0.2) is 72.9 Å². The summed E-state index contributed by atoms with van der Waals surface area (Å²) in [5.74, 6) is -0.222. The van der Waals surface area contributed by atoms with Gasteiger partial charge in [0.2, 0.25) is 19.2 Å². The molecule has 0 fully saturated rings. The maximum Gasteiger partial charge on any atom is 0.426 e. The Morgan fingerprint density at radius 2 is 1.53 bits per heavy atom. The molecule has 45 heavy (non-hydrogen) atoms. The van der Waals surface area contributed by atoms with Gasteiger partial charge in [0.05, 0.1) is 18.3 Å².